The molecule has 0 saturated carbocycles. The van der Waals surface area contributed by atoms with Crippen LogP contribution in [-0.2, 0) is 32.0 Å². The molecule has 0 saturated heterocycles. The summed E-state index contributed by atoms with van der Waals surface area (Å²) < 4.78 is 0. The molecular weight excluding hydrogens is 472 g/mol. The van der Waals surface area contributed by atoms with E-state index in [-0.39, 0.29) is 19.3 Å². The number of imidazole rings is 1. The average Bonchev–Trinajstić information content (AvgIpc) is 3.34. The lowest BCUT2D eigenvalue weighted by atomic mass is 10.0. The van der Waals surface area contributed by atoms with Crippen LogP contribution in [0.1, 0.15) is 24.6 Å². The number of nitrogens with one attached hydrogen (secondary N) is 4. The SMILES string of the molecule is CSCCC(NC(=O)C(C)NC(=O)C(Cc1ccccc1)NC(=O)C(N)Cc1cnc[nH]1)C(=O)O. The fourth-order valence-corrected chi connectivity index (χ4v) is 3.70. The summed E-state index contributed by atoms with van der Waals surface area (Å²) >= 11 is 1.47. The number of H-pyrrole nitrogens is 1. The van der Waals surface area contributed by atoms with Crippen molar-refractivity contribution in [2.45, 2.75) is 50.4 Å². The molecule has 3 amide bonds. The van der Waals surface area contributed by atoms with Gasteiger partial charge in [-0.25, -0.2) is 9.78 Å². The van der Waals surface area contributed by atoms with Crippen LogP contribution in [0.3, 0.4) is 0 Å². The first kappa shape index (κ1) is 27.9. The second-order valence-electron chi connectivity index (χ2n) is 8.05. The maximum atomic E-state index is 13.0. The smallest absolute Gasteiger partial charge is 0.326 e. The molecule has 1 aromatic carbocycles. The Kier molecular flexibility index (Phi) is 11.2. The van der Waals surface area contributed by atoms with Crippen molar-refractivity contribution in [3.63, 3.8) is 0 Å². The fourth-order valence-electron chi connectivity index (χ4n) is 3.23. The van der Waals surface area contributed by atoms with E-state index in [1.54, 1.807) is 6.20 Å². The number of aromatic nitrogens is 2. The second kappa shape index (κ2) is 14.1. The topological polar surface area (TPSA) is 179 Å². The number of hydrogen-bond acceptors (Lipinski definition) is 7. The van der Waals surface area contributed by atoms with Crippen molar-refractivity contribution >= 4 is 35.5 Å². The summed E-state index contributed by atoms with van der Waals surface area (Å²) in [5, 5.41) is 17.0. The highest BCUT2D eigenvalue weighted by Gasteiger charge is 2.28. The number of hydrogen-bond donors (Lipinski definition) is 6. The van der Waals surface area contributed by atoms with Crippen molar-refractivity contribution in [1.29, 1.82) is 0 Å². The summed E-state index contributed by atoms with van der Waals surface area (Å²) in [6.07, 6.45) is 5.51. The van der Waals surface area contributed by atoms with Gasteiger partial charge in [-0.15, -0.1) is 0 Å². The van der Waals surface area contributed by atoms with Crippen LogP contribution in [0.15, 0.2) is 42.9 Å². The van der Waals surface area contributed by atoms with E-state index in [2.05, 4.69) is 25.9 Å². The standard InChI is InChI=1S/C23H32N6O5S/c1-14(20(30)28-18(23(33)34)8-9-35-2)27-22(32)19(10-15-6-4-3-5-7-15)29-21(31)17(24)11-16-12-25-13-26-16/h3-7,12-14,17-19H,8-11,24H2,1-2H3,(H,25,26)(H,27,32)(H,28,30)(H,29,31)(H,33,34). The van der Waals surface area contributed by atoms with Crippen molar-refractivity contribution in [1.82, 2.24) is 25.9 Å². The minimum absolute atomic E-state index is 0.176. The molecule has 0 fully saturated rings. The van der Waals surface area contributed by atoms with Crippen molar-refractivity contribution in [2.75, 3.05) is 12.0 Å². The van der Waals surface area contributed by atoms with Gasteiger partial charge in [-0.3, -0.25) is 14.4 Å². The highest BCUT2D eigenvalue weighted by molar-refractivity contribution is 7.98. The van der Waals surface area contributed by atoms with Gasteiger partial charge in [0.05, 0.1) is 12.4 Å². The Morgan fingerprint density at radius 3 is 2.31 bits per heavy atom. The van der Waals surface area contributed by atoms with E-state index in [0.29, 0.717) is 11.4 Å². The lowest BCUT2D eigenvalue weighted by molar-refractivity contribution is -0.142. The molecule has 11 nitrogen and oxygen atoms in total. The van der Waals surface area contributed by atoms with Gasteiger partial charge >= 0.3 is 5.97 Å². The Hall–Kier alpha value is -3.38. The van der Waals surface area contributed by atoms with Crippen LogP contribution < -0.4 is 21.7 Å². The monoisotopic (exact) mass is 504 g/mol. The summed E-state index contributed by atoms with van der Waals surface area (Å²) in [6, 6.07) is 5.09. The molecule has 0 aliphatic carbocycles. The number of carbonyl (C=O) groups excluding carboxylic acids is 3. The molecule has 4 atom stereocenters. The number of rotatable bonds is 14. The van der Waals surface area contributed by atoms with Crippen LogP contribution in [0.2, 0.25) is 0 Å². The van der Waals surface area contributed by atoms with E-state index in [1.807, 2.05) is 36.6 Å². The molecule has 4 unspecified atom stereocenters. The van der Waals surface area contributed by atoms with Gasteiger partial charge in [0, 0.05) is 24.7 Å². The van der Waals surface area contributed by atoms with Gasteiger partial charge in [0.15, 0.2) is 0 Å². The first-order chi connectivity index (χ1) is 16.7. The first-order valence-electron chi connectivity index (χ1n) is 11.1. The van der Waals surface area contributed by atoms with Crippen LogP contribution in [0.5, 0.6) is 0 Å². The van der Waals surface area contributed by atoms with Gasteiger partial charge in [-0.2, -0.15) is 11.8 Å². The highest BCUT2D eigenvalue weighted by Crippen LogP contribution is 2.06. The van der Waals surface area contributed by atoms with E-state index >= 15 is 0 Å². The summed E-state index contributed by atoms with van der Waals surface area (Å²) in [7, 11) is 0. The Balaban J connectivity index is 2.05. The number of aromatic amines is 1. The van der Waals surface area contributed by atoms with Crippen LogP contribution in [0.25, 0.3) is 0 Å². The van der Waals surface area contributed by atoms with Crippen molar-refractivity contribution in [3.05, 3.63) is 54.1 Å². The number of amides is 3. The van der Waals surface area contributed by atoms with Gasteiger partial charge < -0.3 is 31.8 Å². The zero-order chi connectivity index (χ0) is 25.8. The molecule has 0 radical (unpaired) electrons. The van der Waals surface area contributed by atoms with E-state index in [1.165, 1.54) is 25.0 Å². The summed E-state index contributed by atoms with van der Waals surface area (Å²) in [6.45, 7) is 1.45. The van der Waals surface area contributed by atoms with Crippen molar-refractivity contribution in [2.24, 2.45) is 5.73 Å². The van der Waals surface area contributed by atoms with Gasteiger partial charge in [0.25, 0.3) is 0 Å². The average molecular weight is 505 g/mol. The van der Waals surface area contributed by atoms with Gasteiger partial charge in [0.2, 0.25) is 17.7 Å². The van der Waals surface area contributed by atoms with E-state index < -0.39 is 47.9 Å². The first-order valence-corrected chi connectivity index (χ1v) is 12.5. The molecule has 0 bridgehead atoms. The van der Waals surface area contributed by atoms with Crippen LogP contribution in [0.4, 0.5) is 0 Å². The molecular formula is C23H32N6O5S. The Morgan fingerprint density at radius 2 is 1.71 bits per heavy atom. The largest absolute Gasteiger partial charge is 0.480 e. The number of benzene rings is 1. The minimum atomic E-state index is -1.15. The van der Waals surface area contributed by atoms with Gasteiger partial charge in [-0.05, 0) is 30.9 Å². The quantitative estimate of drug-likeness (QED) is 0.205. The zero-order valence-electron chi connectivity index (χ0n) is 19.7. The third-order valence-electron chi connectivity index (χ3n) is 5.22. The van der Waals surface area contributed by atoms with Crippen LogP contribution in [0, 0.1) is 0 Å². The number of carbonyl (C=O) groups is 4. The molecule has 0 spiro atoms. The molecule has 7 N–H and O–H groups in total. The summed E-state index contributed by atoms with van der Waals surface area (Å²) in [4.78, 5) is 56.5. The third-order valence-corrected chi connectivity index (χ3v) is 5.87. The number of carboxylic acid groups (broad SMARTS) is 1. The molecule has 0 aliphatic rings. The van der Waals surface area contributed by atoms with E-state index in [0.717, 1.165) is 5.56 Å². The Labute approximate surface area is 208 Å². The Morgan fingerprint density at radius 1 is 1.03 bits per heavy atom. The number of aliphatic carboxylic acids is 1. The molecule has 35 heavy (non-hydrogen) atoms. The molecule has 0 aliphatic heterocycles. The third kappa shape index (κ3) is 9.41. The predicted octanol–water partition coefficient (Wildman–Crippen LogP) is -0.166. The van der Waals surface area contributed by atoms with Crippen molar-refractivity contribution < 1.29 is 24.3 Å². The summed E-state index contributed by atoms with van der Waals surface area (Å²) in [5.74, 6) is -2.34. The predicted molar refractivity (Wildman–Crippen MR) is 133 cm³/mol. The van der Waals surface area contributed by atoms with Crippen LogP contribution in [-0.4, -0.2) is 74.9 Å². The van der Waals surface area contributed by atoms with E-state index in [4.69, 9.17) is 5.73 Å². The lowest BCUT2D eigenvalue weighted by Gasteiger charge is -2.23. The molecule has 2 rings (SSSR count). The molecule has 2 aromatic rings. The minimum Gasteiger partial charge on any atom is -0.480 e. The maximum Gasteiger partial charge on any atom is 0.326 e. The maximum absolute atomic E-state index is 13.0. The molecule has 12 heteroatoms. The number of thioether (sulfide) groups is 1. The molecule has 1 heterocycles. The van der Waals surface area contributed by atoms with Crippen molar-refractivity contribution in [3.8, 4) is 0 Å². The number of nitrogens with two attached hydrogens (primary N) is 1. The summed E-state index contributed by atoms with van der Waals surface area (Å²) in [5.41, 5.74) is 7.49. The number of carboxylic acids is 1. The second-order valence-corrected chi connectivity index (χ2v) is 9.04. The Bertz CT molecular complexity index is 972. The number of nitrogens with zero attached hydrogens (tertiary/aromatic N) is 1. The fraction of sp³-hybridized carbons (Fsp3) is 0.435. The zero-order valence-corrected chi connectivity index (χ0v) is 20.5. The highest BCUT2D eigenvalue weighted by atomic mass is 32.2. The van der Waals surface area contributed by atoms with Gasteiger partial charge in [-0.1, -0.05) is 30.3 Å². The molecule has 1 aromatic heterocycles. The normalized spacial score (nSPS) is 14.3. The molecule has 190 valence electrons. The van der Waals surface area contributed by atoms with Gasteiger partial charge in [0.1, 0.15) is 18.1 Å². The van der Waals surface area contributed by atoms with Crippen LogP contribution >= 0.6 is 11.8 Å². The lowest BCUT2D eigenvalue weighted by Crippen LogP contribution is -2.57. The van der Waals surface area contributed by atoms with E-state index in [9.17, 15) is 24.3 Å².